The molecule has 1 fully saturated rings. The maximum atomic E-state index is 12.5. The number of hydrogen-bond donors (Lipinski definition) is 1. The van der Waals surface area contributed by atoms with Crippen LogP contribution in [-0.2, 0) is 16.0 Å². The lowest BCUT2D eigenvalue weighted by atomic mass is 9.97. The third kappa shape index (κ3) is 4.77. The molecular formula is C16H20N2O5. The molecule has 0 aromatic heterocycles. The summed E-state index contributed by atoms with van der Waals surface area (Å²) < 4.78 is 0. The summed E-state index contributed by atoms with van der Waals surface area (Å²) in [6.07, 6.45) is 3.48. The molecule has 1 aromatic carbocycles. The smallest absolute Gasteiger partial charge is 0.303 e. The molecule has 23 heavy (non-hydrogen) atoms. The van der Waals surface area contributed by atoms with Crippen LogP contribution in [-0.4, -0.2) is 39.4 Å². The molecule has 124 valence electrons. The van der Waals surface area contributed by atoms with Gasteiger partial charge in [-0.2, -0.15) is 0 Å². The monoisotopic (exact) mass is 320 g/mol. The summed E-state index contributed by atoms with van der Waals surface area (Å²) in [6.45, 7) is 0.649. The first-order chi connectivity index (χ1) is 11.0. The van der Waals surface area contributed by atoms with E-state index in [0.717, 1.165) is 24.8 Å². The summed E-state index contributed by atoms with van der Waals surface area (Å²) in [5.41, 5.74) is 0.724. The number of nitrogens with zero attached hydrogens (tertiary/aromatic N) is 2. The van der Waals surface area contributed by atoms with Gasteiger partial charge in [-0.15, -0.1) is 0 Å². The van der Waals surface area contributed by atoms with Crippen molar-refractivity contribution in [3.05, 3.63) is 39.9 Å². The molecule has 1 heterocycles. The van der Waals surface area contributed by atoms with E-state index in [1.54, 1.807) is 17.0 Å². The van der Waals surface area contributed by atoms with Gasteiger partial charge in [-0.1, -0.05) is 12.1 Å². The second kappa shape index (κ2) is 7.71. The van der Waals surface area contributed by atoms with E-state index in [1.807, 2.05) is 0 Å². The Morgan fingerprint density at radius 1 is 1.26 bits per heavy atom. The highest BCUT2D eigenvalue weighted by Gasteiger charge is 2.26. The van der Waals surface area contributed by atoms with Crippen molar-refractivity contribution < 1.29 is 19.6 Å². The standard InChI is InChI=1S/C16H20N2O5/c19-15(11-12-4-6-14(7-5-12)18(22)23)17-10-2-1-3-13(17)8-9-16(20)21/h4-7,13H,1-3,8-11H2,(H,20,21). The minimum Gasteiger partial charge on any atom is -0.481 e. The molecule has 1 amide bonds. The zero-order valence-electron chi connectivity index (χ0n) is 12.8. The number of rotatable bonds is 6. The maximum Gasteiger partial charge on any atom is 0.303 e. The summed E-state index contributed by atoms with van der Waals surface area (Å²) >= 11 is 0. The van der Waals surface area contributed by atoms with E-state index in [4.69, 9.17) is 5.11 Å². The van der Waals surface area contributed by atoms with Crippen molar-refractivity contribution in [2.45, 2.75) is 44.6 Å². The van der Waals surface area contributed by atoms with Gasteiger partial charge < -0.3 is 10.0 Å². The minimum absolute atomic E-state index is 0.00138. The van der Waals surface area contributed by atoms with Crippen molar-refractivity contribution >= 4 is 17.6 Å². The lowest BCUT2D eigenvalue weighted by Crippen LogP contribution is -2.44. The predicted molar refractivity (Wildman–Crippen MR) is 83.0 cm³/mol. The molecule has 1 aliphatic heterocycles. The van der Waals surface area contributed by atoms with Gasteiger partial charge in [0.05, 0.1) is 11.3 Å². The fraction of sp³-hybridized carbons (Fsp3) is 0.500. The van der Waals surface area contributed by atoms with E-state index >= 15 is 0 Å². The van der Waals surface area contributed by atoms with Crippen LogP contribution in [0.5, 0.6) is 0 Å². The molecule has 1 saturated heterocycles. The Bertz CT molecular complexity index is 585. The van der Waals surface area contributed by atoms with E-state index in [2.05, 4.69) is 0 Å². The van der Waals surface area contributed by atoms with Crippen LogP contribution in [0.2, 0.25) is 0 Å². The molecule has 7 heteroatoms. The summed E-state index contributed by atoms with van der Waals surface area (Å²) in [5, 5.41) is 19.5. The number of nitro groups is 1. The molecule has 1 aromatic rings. The van der Waals surface area contributed by atoms with E-state index in [0.29, 0.717) is 13.0 Å². The van der Waals surface area contributed by atoms with Gasteiger partial charge in [0, 0.05) is 31.1 Å². The third-order valence-corrected chi connectivity index (χ3v) is 4.14. The Balaban J connectivity index is 1.99. The molecule has 1 aliphatic rings. The molecule has 0 bridgehead atoms. The molecule has 1 atom stereocenters. The van der Waals surface area contributed by atoms with Gasteiger partial charge in [0.15, 0.2) is 0 Å². The first-order valence-electron chi connectivity index (χ1n) is 7.72. The van der Waals surface area contributed by atoms with Gasteiger partial charge in [0.1, 0.15) is 0 Å². The van der Waals surface area contributed by atoms with Crippen LogP contribution in [0.3, 0.4) is 0 Å². The zero-order valence-corrected chi connectivity index (χ0v) is 12.8. The van der Waals surface area contributed by atoms with Crippen LogP contribution in [0.1, 0.15) is 37.7 Å². The van der Waals surface area contributed by atoms with Crippen LogP contribution >= 0.6 is 0 Å². The van der Waals surface area contributed by atoms with E-state index in [1.165, 1.54) is 12.1 Å². The van der Waals surface area contributed by atoms with Gasteiger partial charge in [0.2, 0.25) is 5.91 Å². The fourth-order valence-electron chi connectivity index (χ4n) is 2.93. The molecule has 0 aliphatic carbocycles. The van der Waals surface area contributed by atoms with Gasteiger partial charge in [0.25, 0.3) is 5.69 Å². The van der Waals surface area contributed by atoms with Crippen LogP contribution in [0.15, 0.2) is 24.3 Å². The highest BCUT2D eigenvalue weighted by atomic mass is 16.6. The average molecular weight is 320 g/mol. The number of carboxylic acids is 1. The predicted octanol–water partition coefficient (Wildman–Crippen LogP) is 2.38. The van der Waals surface area contributed by atoms with Crippen molar-refractivity contribution in [3.8, 4) is 0 Å². The van der Waals surface area contributed by atoms with Crippen LogP contribution in [0.4, 0.5) is 5.69 Å². The maximum absolute atomic E-state index is 12.5. The average Bonchev–Trinajstić information content (AvgIpc) is 2.53. The van der Waals surface area contributed by atoms with Gasteiger partial charge in [-0.3, -0.25) is 19.7 Å². The Labute approximate surface area is 134 Å². The molecule has 1 N–H and O–H groups in total. The van der Waals surface area contributed by atoms with E-state index in [-0.39, 0.29) is 30.5 Å². The molecule has 0 spiro atoms. The van der Waals surface area contributed by atoms with Crippen molar-refractivity contribution in [2.24, 2.45) is 0 Å². The summed E-state index contributed by atoms with van der Waals surface area (Å²) in [6, 6.07) is 5.94. The van der Waals surface area contributed by atoms with Gasteiger partial charge in [-0.05, 0) is 31.2 Å². The first-order valence-corrected chi connectivity index (χ1v) is 7.72. The number of non-ortho nitro benzene ring substituents is 1. The zero-order chi connectivity index (χ0) is 16.8. The number of benzene rings is 1. The number of amides is 1. The van der Waals surface area contributed by atoms with Gasteiger partial charge in [-0.25, -0.2) is 0 Å². The van der Waals surface area contributed by atoms with Crippen LogP contribution < -0.4 is 0 Å². The number of piperidine rings is 1. The second-order valence-corrected chi connectivity index (χ2v) is 5.77. The number of likely N-dealkylation sites (tertiary alicyclic amines) is 1. The minimum atomic E-state index is -0.849. The third-order valence-electron chi connectivity index (χ3n) is 4.14. The number of carbonyl (C=O) groups is 2. The first kappa shape index (κ1) is 16.9. The summed E-state index contributed by atoms with van der Waals surface area (Å²) in [7, 11) is 0. The lowest BCUT2D eigenvalue weighted by Gasteiger charge is -2.35. The Morgan fingerprint density at radius 3 is 2.57 bits per heavy atom. The Kier molecular flexibility index (Phi) is 5.67. The molecule has 0 saturated carbocycles. The van der Waals surface area contributed by atoms with Gasteiger partial charge >= 0.3 is 5.97 Å². The SMILES string of the molecule is O=C(O)CCC1CCCCN1C(=O)Cc1ccc([N+](=O)[O-])cc1. The highest BCUT2D eigenvalue weighted by Crippen LogP contribution is 2.22. The topological polar surface area (TPSA) is 101 Å². The number of carbonyl (C=O) groups excluding carboxylic acids is 1. The van der Waals surface area contributed by atoms with E-state index in [9.17, 15) is 19.7 Å². The van der Waals surface area contributed by atoms with Crippen LogP contribution in [0, 0.1) is 10.1 Å². The van der Waals surface area contributed by atoms with Crippen LogP contribution in [0.25, 0.3) is 0 Å². The molecule has 0 radical (unpaired) electrons. The number of hydrogen-bond acceptors (Lipinski definition) is 4. The lowest BCUT2D eigenvalue weighted by molar-refractivity contribution is -0.384. The number of carboxylic acid groups (broad SMARTS) is 1. The Hall–Kier alpha value is -2.44. The largest absolute Gasteiger partial charge is 0.481 e. The quantitative estimate of drug-likeness (QED) is 0.640. The highest BCUT2D eigenvalue weighted by molar-refractivity contribution is 5.79. The second-order valence-electron chi connectivity index (χ2n) is 5.77. The number of nitro benzene ring substituents is 1. The van der Waals surface area contributed by atoms with Crippen molar-refractivity contribution in [2.75, 3.05) is 6.54 Å². The summed E-state index contributed by atoms with van der Waals surface area (Å²) in [5.74, 6) is -0.896. The Morgan fingerprint density at radius 2 is 1.96 bits per heavy atom. The molecule has 7 nitrogen and oxygen atoms in total. The molecule has 2 rings (SSSR count). The summed E-state index contributed by atoms with van der Waals surface area (Å²) in [4.78, 5) is 35.2. The molecular weight excluding hydrogens is 300 g/mol. The van der Waals surface area contributed by atoms with Crippen molar-refractivity contribution in [1.29, 1.82) is 0 Å². The van der Waals surface area contributed by atoms with Crippen molar-refractivity contribution in [3.63, 3.8) is 0 Å². The fourth-order valence-corrected chi connectivity index (χ4v) is 2.93. The molecule has 1 unspecified atom stereocenters. The number of aliphatic carboxylic acids is 1. The van der Waals surface area contributed by atoms with Crippen molar-refractivity contribution in [1.82, 2.24) is 4.90 Å². The normalized spacial score (nSPS) is 17.7. The van der Waals surface area contributed by atoms with E-state index < -0.39 is 10.9 Å².